The van der Waals surface area contributed by atoms with Gasteiger partial charge < -0.3 is 15.2 Å². The van der Waals surface area contributed by atoms with Crippen molar-refractivity contribution in [2.45, 2.75) is 12.2 Å². The Balaban J connectivity index is 1.73. The van der Waals surface area contributed by atoms with Crippen molar-refractivity contribution in [2.75, 3.05) is 17.6 Å². The van der Waals surface area contributed by atoms with Gasteiger partial charge in [-0.3, -0.25) is 4.79 Å². The van der Waals surface area contributed by atoms with E-state index in [0.29, 0.717) is 6.42 Å². The van der Waals surface area contributed by atoms with Gasteiger partial charge in [0.25, 0.3) is 0 Å². The zero-order chi connectivity index (χ0) is 17.2. The summed E-state index contributed by atoms with van der Waals surface area (Å²) in [7, 11) is 1.43. The van der Waals surface area contributed by atoms with E-state index in [1.807, 2.05) is 18.2 Å². The third-order valence-corrected chi connectivity index (χ3v) is 4.77. The fourth-order valence-corrected chi connectivity index (χ4v) is 3.55. The third kappa shape index (κ3) is 2.93. The van der Waals surface area contributed by atoms with E-state index in [2.05, 4.69) is 59.0 Å². The highest BCUT2D eigenvalue weighted by atomic mass is 16.5. The molecule has 124 valence electrons. The SMILES string of the molecule is COC(=O)C[C@H](B1Nc2cccc3cccc(c23)N1)c1ccccc1. The molecule has 5 heteroatoms. The monoisotopic (exact) mass is 330 g/mol. The van der Waals surface area contributed by atoms with Crippen molar-refractivity contribution in [1.82, 2.24) is 0 Å². The van der Waals surface area contributed by atoms with Crippen LogP contribution in [-0.4, -0.2) is 20.1 Å². The summed E-state index contributed by atoms with van der Waals surface area (Å²) in [5.74, 6) is -0.258. The van der Waals surface area contributed by atoms with Crippen molar-refractivity contribution in [3.05, 3.63) is 72.3 Å². The molecule has 2 N–H and O–H groups in total. The van der Waals surface area contributed by atoms with Gasteiger partial charge in [0.2, 0.25) is 0 Å². The normalized spacial score (nSPS) is 13.7. The van der Waals surface area contributed by atoms with Gasteiger partial charge in [-0.05, 0) is 23.1 Å². The van der Waals surface area contributed by atoms with E-state index in [0.717, 1.165) is 16.9 Å². The molecule has 4 rings (SSSR count). The average molecular weight is 330 g/mol. The highest BCUT2D eigenvalue weighted by molar-refractivity contribution is 6.69. The molecule has 0 unspecified atom stereocenters. The quantitative estimate of drug-likeness (QED) is 0.560. The van der Waals surface area contributed by atoms with Crippen LogP contribution in [-0.2, 0) is 9.53 Å². The lowest BCUT2D eigenvalue weighted by Gasteiger charge is -2.31. The van der Waals surface area contributed by atoms with Crippen LogP contribution < -0.4 is 10.5 Å². The Bertz CT molecular complexity index is 873. The number of esters is 1. The lowest BCUT2D eigenvalue weighted by atomic mass is 9.56. The topological polar surface area (TPSA) is 50.4 Å². The van der Waals surface area contributed by atoms with Gasteiger partial charge in [0, 0.05) is 29.0 Å². The van der Waals surface area contributed by atoms with E-state index in [-0.39, 0.29) is 18.8 Å². The average Bonchev–Trinajstić information content (AvgIpc) is 2.67. The number of hydrogen-bond acceptors (Lipinski definition) is 4. The molecule has 0 amide bonds. The van der Waals surface area contributed by atoms with Gasteiger partial charge in [-0.25, -0.2) is 0 Å². The summed E-state index contributed by atoms with van der Waals surface area (Å²) in [6.07, 6.45) is 0.309. The molecule has 0 fully saturated rings. The molecule has 0 aliphatic carbocycles. The second-order valence-electron chi connectivity index (χ2n) is 6.27. The van der Waals surface area contributed by atoms with Crippen LogP contribution >= 0.6 is 0 Å². The van der Waals surface area contributed by atoms with Crippen molar-refractivity contribution in [3.63, 3.8) is 0 Å². The first kappa shape index (κ1) is 15.6. The molecule has 1 aliphatic rings. The molecule has 0 saturated heterocycles. The van der Waals surface area contributed by atoms with Crippen LogP contribution in [0.15, 0.2) is 66.7 Å². The molecule has 0 aromatic heterocycles. The minimum Gasteiger partial charge on any atom is -0.469 e. The number of benzene rings is 3. The Morgan fingerprint density at radius 1 is 0.960 bits per heavy atom. The van der Waals surface area contributed by atoms with Crippen molar-refractivity contribution in [2.24, 2.45) is 0 Å². The maximum Gasteiger partial charge on any atom is 0.378 e. The predicted octanol–water partition coefficient (Wildman–Crippen LogP) is 4.05. The number of nitrogens with one attached hydrogen (secondary N) is 2. The van der Waals surface area contributed by atoms with Gasteiger partial charge in [-0.1, -0.05) is 54.6 Å². The first-order valence-electron chi connectivity index (χ1n) is 8.43. The van der Waals surface area contributed by atoms with Crippen LogP contribution in [0.2, 0.25) is 0 Å². The fraction of sp³-hybridized carbons (Fsp3) is 0.150. The maximum atomic E-state index is 12.0. The van der Waals surface area contributed by atoms with Crippen LogP contribution in [0.25, 0.3) is 10.8 Å². The molecule has 3 aromatic carbocycles. The van der Waals surface area contributed by atoms with Gasteiger partial charge in [-0.2, -0.15) is 0 Å². The Kier molecular flexibility index (Phi) is 4.06. The lowest BCUT2D eigenvalue weighted by molar-refractivity contribution is -0.140. The van der Waals surface area contributed by atoms with E-state index in [1.54, 1.807) is 0 Å². The summed E-state index contributed by atoms with van der Waals surface area (Å²) in [5.41, 5.74) is 3.27. The Morgan fingerprint density at radius 3 is 2.20 bits per heavy atom. The molecule has 0 bridgehead atoms. The van der Waals surface area contributed by atoms with Crippen LogP contribution in [0, 0.1) is 0 Å². The molecule has 4 nitrogen and oxygen atoms in total. The summed E-state index contributed by atoms with van der Waals surface area (Å²) in [4.78, 5) is 12.0. The highest BCUT2D eigenvalue weighted by Crippen LogP contribution is 2.37. The van der Waals surface area contributed by atoms with E-state index < -0.39 is 0 Å². The third-order valence-electron chi connectivity index (χ3n) is 4.77. The van der Waals surface area contributed by atoms with Crippen molar-refractivity contribution in [3.8, 4) is 0 Å². The van der Waals surface area contributed by atoms with Crippen LogP contribution in [0.1, 0.15) is 17.8 Å². The Morgan fingerprint density at radius 2 is 1.60 bits per heavy atom. The lowest BCUT2D eigenvalue weighted by Crippen LogP contribution is -2.44. The van der Waals surface area contributed by atoms with Crippen molar-refractivity contribution >= 4 is 35.1 Å². The van der Waals surface area contributed by atoms with E-state index >= 15 is 0 Å². The molecule has 0 spiro atoms. The number of anilines is 2. The van der Waals surface area contributed by atoms with Gasteiger partial charge in [0.15, 0.2) is 0 Å². The predicted molar refractivity (Wildman–Crippen MR) is 103 cm³/mol. The smallest absolute Gasteiger partial charge is 0.378 e. The molecular formula is C20H19BN2O2. The van der Waals surface area contributed by atoms with Crippen LogP contribution in [0.3, 0.4) is 0 Å². The second kappa shape index (κ2) is 6.51. The minimum atomic E-state index is -0.213. The molecule has 3 aromatic rings. The van der Waals surface area contributed by atoms with Crippen LogP contribution in [0.5, 0.6) is 0 Å². The number of methoxy groups -OCH3 is 1. The minimum absolute atomic E-state index is 0.0442. The highest BCUT2D eigenvalue weighted by Gasteiger charge is 2.34. The largest absolute Gasteiger partial charge is 0.469 e. The molecule has 0 radical (unpaired) electrons. The van der Waals surface area contributed by atoms with Crippen LogP contribution in [0.4, 0.5) is 11.4 Å². The number of hydrogen-bond donors (Lipinski definition) is 2. The molecule has 0 saturated carbocycles. The summed E-state index contributed by atoms with van der Waals surface area (Å²) in [5, 5.41) is 9.52. The summed E-state index contributed by atoms with van der Waals surface area (Å²) < 4.78 is 4.93. The van der Waals surface area contributed by atoms with E-state index in [1.165, 1.54) is 17.9 Å². The summed E-state index contributed by atoms with van der Waals surface area (Å²) in [6, 6.07) is 22.6. The van der Waals surface area contributed by atoms with E-state index in [4.69, 9.17) is 4.74 Å². The number of carbonyl (C=O) groups excluding carboxylic acids is 1. The van der Waals surface area contributed by atoms with Gasteiger partial charge in [0.1, 0.15) is 0 Å². The Labute approximate surface area is 147 Å². The summed E-state index contributed by atoms with van der Waals surface area (Å²) in [6.45, 7) is -0.0954. The zero-order valence-corrected chi connectivity index (χ0v) is 14.0. The standard InChI is InChI=1S/C20H19BN2O2/c1-25-19(24)13-16(14-7-3-2-4-8-14)21-22-17-11-5-9-15-10-6-12-18(23-21)20(15)17/h2-12,16,22-23H,13H2,1H3/t16-/m0/s1. The first-order valence-corrected chi connectivity index (χ1v) is 8.43. The van der Waals surface area contributed by atoms with Crippen molar-refractivity contribution < 1.29 is 9.53 Å². The Hall–Kier alpha value is -2.95. The van der Waals surface area contributed by atoms with Gasteiger partial charge in [0.05, 0.1) is 7.11 Å². The number of rotatable bonds is 4. The van der Waals surface area contributed by atoms with E-state index in [9.17, 15) is 4.79 Å². The molecule has 25 heavy (non-hydrogen) atoms. The maximum absolute atomic E-state index is 12.0. The van der Waals surface area contributed by atoms with Gasteiger partial charge in [-0.15, -0.1) is 0 Å². The second-order valence-corrected chi connectivity index (χ2v) is 6.27. The van der Waals surface area contributed by atoms with Crippen molar-refractivity contribution in [1.29, 1.82) is 0 Å². The molecule has 1 heterocycles. The zero-order valence-electron chi connectivity index (χ0n) is 14.0. The molecule has 1 atom stereocenters. The van der Waals surface area contributed by atoms with Gasteiger partial charge >= 0.3 is 13.0 Å². The number of carbonyl (C=O) groups is 1. The number of ether oxygens (including phenoxy) is 1. The first-order chi connectivity index (χ1) is 12.3. The fourth-order valence-electron chi connectivity index (χ4n) is 3.55. The molecule has 1 aliphatic heterocycles. The summed E-state index contributed by atoms with van der Waals surface area (Å²) >= 11 is 0. The molecular weight excluding hydrogens is 311 g/mol.